The van der Waals surface area contributed by atoms with Crippen LogP contribution < -0.4 is 9.80 Å². The van der Waals surface area contributed by atoms with Gasteiger partial charge in [0.15, 0.2) is 0 Å². The summed E-state index contributed by atoms with van der Waals surface area (Å²) in [6.45, 7) is 0. The molecule has 13 rings (SSSR count). The molecule has 2 aromatic heterocycles. The van der Waals surface area contributed by atoms with Crippen molar-refractivity contribution in [2.75, 3.05) is 9.80 Å². The fraction of sp³-hybridized carbons (Fsp3) is 0.0175. The summed E-state index contributed by atoms with van der Waals surface area (Å²) in [6.07, 6.45) is 0. The lowest BCUT2D eigenvalue weighted by Crippen LogP contribution is -2.26. The van der Waals surface area contributed by atoms with E-state index in [0.717, 1.165) is 56.4 Å². The summed E-state index contributed by atoms with van der Waals surface area (Å²) in [6, 6.07) is 79.6. The number of anilines is 6. The molecule has 1 unspecified atom stereocenters. The summed E-state index contributed by atoms with van der Waals surface area (Å²) in [7, 11) is 0. The van der Waals surface area contributed by atoms with Crippen LogP contribution in [0.1, 0.15) is 22.3 Å². The summed E-state index contributed by atoms with van der Waals surface area (Å²) in [5.74, 6) is 0.941. The summed E-state index contributed by atoms with van der Waals surface area (Å²) < 4.78 is 9.58. The average Bonchev–Trinajstić information content (AvgIpc) is 4.05. The molecule has 1 atom stereocenters. The highest BCUT2D eigenvalue weighted by Crippen LogP contribution is 2.66. The van der Waals surface area contributed by atoms with Crippen molar-refractivity contribution in [3.63, 3.8) is 0 Å². The predicted octanol–water partition coefficient (Wildman–Crippen LogP) is 16.1. The zero-order chi connectivity index (χ0) is 40.1. The molecule has 1 spiro atoms. The van der Waals surface area contributed by atoms with E-state index in [-0.39, 0.29) is 0 Å². The summed E-state index contributed by atoms with van der Waals surface area (Å²) in [4.78, 5) is 4.79. The van der Waals surface area contributed by atoms with Crippen LogP contribution in [0.5, 0.6) is 0 Å². The van der Waals surface area contributed by atoms with Gasteiger partial charge in [0.2, 0.25) is 0 Å². The largest absolute Gasteiger partial charge is 0.456 e. The Morgan fingerprint density at radius 2 is 0.836 bits per heavy atom. The van der Waals surface area contributed by atoms with Crippen LogP contribution in [-0.2, 0) is 5.41 Å². The Morgan fingerprint density at radius 1 is 0.344 bits per heavy atom. The highest BCUT2D eigenvalue weighted by molar-refractivity contribution is 7.25. The maximum atomic E-state index is 6.99. The number of fused-ring (bicyclic) bond motifs is 15. The van der Waals surface area contributed by atoms with E-state index in [9.17, 15) is 0 Å². The van der Waals surface area contributed by atoms with E-state index in [4.69, 9.17) is 4.42 Å². The number of thiophene rings is 1. The summed E-state index contributed by atoms with van der Waals surface area (Å²) >= 11 is 1.85. The maximum Gasteiger partial charge on any atom is 0.140 e. The summed E-state index contributed by atoms with van der Waals surface area (Å²) in [5, 5.41) is 3.71. The molecule has 11 aromatic rings. The predicted molar refractivity (Wildman–Crippen MR) is 255 cm³/mol. The molecule has 2 aliphatic rings. The van der Waals surface area contributed by atoms with Gasteiger partial charge in [-0.05, 0) is 125 Å². The van der Waals surface area contributed by atoms with Gasteiger partial charge in [-0.3, -0.25) is 0 Å². The number of hydrogen-bond acceptors (Lipinski definition) is 4. The van der Waals surface area contributed by atoms with Crippen LogP contribution in [-0.4, -0.2) is 0 Å². The molecule has 0 amide bonds. The molecule has 0 saturated carbocycles. The van der Waals surface area contributed by atoms with Crippen LogP contribution in [0.3, 0.4) is 0 Å². The average molecular weight is 797 g/mol. The van der Waals surface area contributed by atoms with Crippen molar-refractivity contribution in [3.05, 3.63) is 241 Å². The molecule has 2 heterocycles. The van der Waals surface area contributed by atoms with Crippen LogP contribution in [0, 0.1) is 0 Å². The standard InChI is InChI=1S/C57H36N2OS/c1-4-16-37(17-5-1)58(38-18-6-2-7-19-38)41-29-32-46-51(36-41)57(55-47-24-11-14-26-52(47)60-56(46)55)49-25-13-10-22-43(49)44-31-28-42(35-50(44)57)59(39-20-8-3-9-21-39)40-30-33-54-48(34-40)45-23-12-15-27-53(45)61-54/h1-36H. The van der Waals surface area contributed by atoms with Gasteiger partial charge in [-0.1, -0.05) is 121 Å². The zero-order valence-electron chi connectivity index (χ0n) is 33.0. The van der Waals surface area contributed by atoms with Crippen molar-refractivity contribution in [3.8, 4) is 22.5 Å². The number of rotatable bonds is 6. The van der Waals surface area contributed by atoms with E-state index in [1.165, 1.54) is 53.6 Å². The molecule has 4 heteroatoms. The van der Waals surface area contributed by atoms with E-state index >= 15 is 0 Å². The van der Waals surface area contributed by atoms with Gasteiger partial charge in [0.05, 0.1) is 5.41 Å². The molecule has 0 aliphatic heterocycles. The van der Waals surface area contributed by atoms with E-state index in [1.807, 2.05) is 11.3 Å². The quantitative estimate of drug-likeness (QED) is 0.167. The first-order valence-electron chi connectivity index (χ1n) is 20.8. The second-order valence-corrected chi connectivity index (χ2v) is 17.1. The number of nitrogens with zero attached hydrogens (tertiary/aromatic N) is 2. The molecule has 2 aliphatic carbocycles. The Hall–Kier alpha value is -7.66. The molecule has 0 bridgehead atoms. The maximum absolute atomic E-state index is 6.99. The summed E-state index contributed by atoms with van der Waals surface area (Å²) in [5.41, 5.74) is 15.4. The minimum Gasteiger partial charge on any atom is -0.456 e. The van der Waals surface area contributed by atoms with Crippen LogP contribution in [0.2, 0.25) is 0 Å². The van der Waals surface area contributed by atoms with Gasteiger partial charge in [0.25, 0.3) is 0 Å². The lowest BCUT2D eigenvalue weighted by molar-refractivity contribution is 0.628. The highest BCUT2D eigenvalue weighted by Gasteiger charge is 2.55. The molecule has 0 N–H and O–H groups in total. The molecule has 286 valence electrons. The SMILES string of the molecule is c1ccc(N(c2ccccc2)c2ccc3c(c2)C2(c4ccccc4-c4ccc(N(c5ccccc5)c5ccc6sc7ccccc7c6c5)cc42)c2c-3oc3ccccc23)cc1. The van der Waals surface area contributed by atoms with Crippen LogP contribution >= 0.6 is 11.3 Å². The Morgan fingerprint density at radius 3 is 1.54 bits per heavy atom. The minimum atomic E-state index is -0.663. The van der Waals surface area contributed by atoms with Gasteiger partial charge >= 0.3 is 0 Å². The highest BCUT2D eigenvalue weighted by atomic mass is 32.1. The monoisotopic (exact) mass is 796 g/mol. The van der Waals surface area contributed by atoms with Crippen molar-refractivity contribution in [1.29, 1.82) is 0 Å². The van der Waals surface area contributed by atoms with Gasteiger partial charge in [-0.15, -0.1) is 11.3 Å². The first kappa shape index (κ1) is 34.2. The third kappa shape index (κ3) is 4.91. The fourth-order valence-electron chi connectivity index (χ4n) is 10.4. The Balaban J connectivity index is 1.10. The van der Waals surface area contributed by atoms with Crippen molar-refractivity contribution in [1.82, 2.24) is 0 Å². The van der Waals surface area contributed by atoms with Crippen molar-refractivity contribution < 1.29 is 4.42 Å². The van der Waals surface area contributed by atoms with Gasteiger partial charge in [-0.25, -0.2) is 0 Å². The molecular weight excluding hydrogens is 761 g/mol. The Labute approximate surface area is 357 Å². The third-order valence-corrected chi connectivity index (χ3v) is 14.0. The second-order valence-electron chi connectivity index (χ2n) is 16.0. The molecule has 61 heavy (non-hydrogen) atoms. The normalized spacial score (nSPS) is 14.6. The van der Waals surface area contributed by atoms with Gasteiger partial charge in [-0.2, -0.15) is 0 Å². The Bertz CT molecular complexity index is 3460. The molecule has 0 saturated heterocycles. The topological polar surface area (TPSA) is 19.6 Å². The molecule has 3 nitrogen and oxygen atoms in total. The fourth-order valence-corrected chi connectivity index (χ4v) is 11.5. The molecule has 0 fully saturated rings. The van der Waals surface area contributed by atoms with Gasteiger partial charge in [0, 0.05) is 70.8 Å². The smallest absolute Gasteiger partial charge is 0.140 e. The van der Waals surface area contributed by atoms with E-state index < -0.39 is 5.41 Å². The van der Waals surface area contributed by atoms with E-state index in [1.54, 1.807) is 0 Å². The van der Waals surface area contributed by atoms with Crippen LogP contribution in [0.15, 0.2) is 223 Å². The lowest BCUT2D eigenvalue weighted by Gasteiger charge is -2.33. The van der Waals surface area contributed by atoms with Crippen molar-refractivity contribution >= 4 is 76.6 Å². The number of benzene rings is 9. The zero-order valence-corrected chi connectivity index (χ0v) is 33.8. The van der Waals surface area contributed by atoms with Crippen molar-refractivity contribution in [2.45, 2.75) is 5.41 Å². The van der Waals surface area contributed by atoms with Gasteiger partial charge in [0.1, 0.15) is 11.3 Å². The number of furan rings is 1. The first-order chi connectivity index (χ1) is 30.3. The van der Waals surface area contributed by atoms with Crippen molar-refractivity contribution in [2.24, 2.45) is 0 Å². The van der Waals surface area contributed by atoms with E-state index in [2.05, 4.69) is 228 Å². The number of hydrogen-bond donors (Lipinski definition) is 0. The molecule has 0 radical (unpaired) electrons. The van der Waals surface area contributed by atoms with Gasteiger partial charge < -0.3 is 14.2 Å². The molecular formula is C57H36N2OS. The van der Waals surface area contributed by atoms with E-state index in [0.29, 0.717) is 0 Å². The molecule has 9 aromatic carbocycles. The Kier molecular flexibility index (Phi) is 7.39. The minimum absolute atomic E-state index is 0.663. The lowest BCUT2D eigenvalue weighted by atomic mass is 9.70. The first-order valence-corrected chi connectivity index (χ1v) is 21.7. The number of para-hydroxylation sites is 4. The van der Waals surface area contributed by atoms with Crippen LogP contribution in [0.25, 0.3) is 53.6 Å². The van der Waals surface area contributed by atoms with Crippen LogP contribution in [0.4, 0.5) is 34.1 Å². The third-order valence-electron chi connectivity index (χ3n) is 12.8. The second kappa shape index (κ2) is 13.2.